The fourth-order valence-electron chi connectivity index (χ4n) is 1.99. The van der Waals surface area contributed by atoms with E-state index in [4.69, 9.17) is 10.5 Å². The van der Waals surface area contributed by atoms with Crippen molar-refractivity contribution in [2.24, 2.45) is 5.73 Å². The van der Waals surface area contributed by atoms with Gasteiger partial charge in [0.1, 0.15) is 5.75 Å². The third-order valence-electron chi connectivity index (χ3n) is 3.13. The molecule has 0 radical (unpaired) electrons. The van der Waals surface area contributed by atoms with Crippen LogP contribution in [0.3, 0.4) is 0 Å². The maximum absolute atomic E-state index is 12.2. The number of carbonyl (C=O) groups is 1. The van der Waals surface area contributed by atoms with Crippen molar-refractivity contribution < 1.29 is 9.53 Å². The first kappa shape index (κ1) is 11.1. The summed E-state index contributed by atoms with van der Waals surface area (Å²) in [5.74, 6) is 0.654. The lowest BCUT2D eigenvalue weighted by atomic mass is 9.96. The van der Waals surface area contributed by atoms with Gasteiger partial charge in [0.2, 0.25) is 0 Å². The van der Waals surface area contributed by atoms with Crippen molar-refractivity contribution in [2.45, 2.75) is 32.2 Å². The molecule has 3 heteroatoms. The van der Waals surface area contributed by atoms with Crippen LogP contribution in [0.15, 0.2) is 12.1 Å². The summed E-state index contributed by atoms with van der Waals surface area (Å²) >= 11 is 0. The quantitative estimate of drug-likeness (QED) is 0.791. The molecule has 0 saturated heterocycles. The third-order valence-corrected chi connectivity index (χ3v) is 3.13. The summed E-state index contributed by atoms with van der Waals surface area (Å²) in [4.78, 5) is 12.2. The molecule has 0 bridgehead atoms. The van der Waals surface area contributed by atoms with Gasteiger partial charge < -0.3 is 10.5 Å². The van der Waals surface area contributed by atoms with E-state index in [9.17, 15) is 4.79 Å². The van der Waals surface area contributed by atoms with E-state index < -0.39 is 5.54 Å². The first-order valence-corrected chi connectivity index (χ1v) is 5.47. The van der Waals surface area contributed by atoms with Gasteiger partial charge in [0.15, 0.2) is 5.78 Å². The number of ether oxygens (including phenoxy) is 1. The summed E-state index contributed by atoms with van der Waals surface area (Å²) in [6.45, 7) is 3.91. The highest BCUT2D eigenvalue weighted by Gasteiger charge is 2.47. The predicted octanol–water partition coefficient (Wildman–Crippen LogP) is 1.99. The Labute approximate surface area is 95.6 Å². The Bertz CT molecular complexity index is 447. The smallest absolute Gasteiger partial charge is 0.186 e. The number of aryl methyl sites for hydroxylation is 2. The lowest BCUT2D eigenvalue weighted by molar-refractivity contribution is 0.0945. The number of methoxy groups -OCH3 is 1. The number of benzene rings is 1. The second kappa shape index (κ2) is 3.59. The molecule has 0 aliphatic heterocycles. The molecule has 1 aromatic rings. The molecule has 0 amide bonds. The van der Waals surface area contributed by atoms with Crippen LogP contribution in [0.1, 0.15) is 34.3 Å². The molecular formula is C13H17NO2. The van der Waals surface area contributed by atoms with Crippen molar-refractivity contribution in [2.75, 3.05) is 7.11 Å². The Balaban J connectivity index is 2.50. The summed E-state index contributed by atoms with van der Waals surface area (Å²) in [6, 6.07) is 3.87. The number of hydrogen-bond acceptors (Lipinski definition) is 3. The Kier molecular flexibility index (Phi) is 2.50. The summed E-state index contributed by atoms with van der Waals surface area (Å²) < 4.78 is 5.27. The van der Waals surface area contributed by atoms with E-state index in [1.165, 1.54) is 0 Å². The van der Waals surface area contributed by atoms with E-state index in [1.807, 2.05) is 26.0 Å². The van der Waals surface area contributed by atoms with Gasteiger partial charge in [-0.05, 0) is 43.9 Å². The number of hydrogen-bond donors (Lipinski definition) is 1. The average Bonchev–Trinajstić information content (AvgIpc) is 2.96. The highest BCUT2D eigenvalue weighted by molar-refractivity contribution is 6.08. The first-order chi connectivity index (χ1) is 7.48. The fourth-order valence-corrected chi connectivity index (χ4v) is 1.99. The van der Waals surface area contributed by atoms with Gasteiger partial charge in [0.25, 0.3) is 0 Å². The number of rotatable bonds is 3. The van der Waals surface area contributed by atoms with Gasteiger partial charge in [-0.15, -0.1) is 0 Å². The molecule has 0 heterocycles. The van der Waals surface area contributed by atoms with Gasteiger partial charge in [0, 0.05) is 0 Å². The molecule has 0 aromatic heterocycles. The summed E-state index contributed by atoms with van der Waals surface area (Å²) in [5, 5.41) is 0. The normalized spacial score (nSPS) is 17.0. The van der Waals surface area contributed by atoms with Crippen LogP contribution in [0.5, 0.6) is 5.75 Å². The molecule has 2 rings (SSSR count). The zero-order valence-corrected chi connectivity index (χ0v) is 9.96. The molecule has 1 aliphatic carbocycles. The first-order valence-electron chi connectivity index (χ1n) is 5.47. The van der Waals surface area contributed by atoms with Crippen LogP contribution >= 0.6 is 0 Å². The van der Waals surface area contributed by atoms with Gasteiger partial charge in [-0.3, -0.25) is 4.79 Å². The standard InChI is InChI=1S/C13H17NO2/c1-8-6-9(2)11(10(7-8)16-3)12(15)13(14)4-5-13/h6-7H,4-5,14H2,1-3H3. The van der Waals surface area contributed by atoms with E-state index in [0.29, 0.717) is 11.3 Å². The van der Waals surface area contributed by atoms with Crippen LogP contribution in [0.25, 0.3) is 0 Å². The van der Waals surface area contributed by atoms with Crippen LogP contribution in [0, 0.1) is 13.8 Å². The number of nitrogens with two attached hydrogens (primary N) is 1. The van der Waals surface area contributed by atoms with Gasteiger partial charge in [-0.1, -0.05) is 6.07 Å². The average molecular weight is 219 g/mol. The Morgan fingerprint density at radius 3 is 2.50 bits per heavy atom. The minimum absolute atomic E-state index is 0.0156. The van der Waals surface area contributed by atoms with Crippen molar-refractivity contribution in [3.63, 3.8) is 0 Å². The molecule has 0 atom stereocenters. The molecule has 1 fully saturated rings. The minimum Gasteiger partial charge on any atom is -0.496 e. The van der Waals surface area contributed by atoms with E-state index in [1.54, 1.807) is 7.11 Å². The van der Waals surface area contributed by atoms with Gasteiger partial charge in [-0.2, -0.15) is 0 Å². The zero-order valence-electron chi connectivity index (χ0n) is 9.96. The summed E-state index contributed by atoms with van der Waals surface area (Å²) in [7, 11) is 1.58. The Hall–Kier alpha value is -1.35. The summed E-state index contributed by atoms with van der Waals surface area (Å²) in [5.41, 5.74) is 8.00. The molecule has 0 unspecified atom stereocenters. The lowest BCUT2D eigenvalue weighted by Gasteiger charge is -2.15. The van der Waals surface area contributed by atoms with Crippen molar-refractivity contribution >= 4 is 5.78 Å². The van der Waals surface area contributed by atoms with Crippen molar-refractivity contribution in [1.82, 2.24) is 0 Å². The highest BCUT2D eigenvalue weighted by Crippen LogP contribution is 2.39. The number of carbonyl (C=O) groups excluding carboxylic acids is 1. The Morgan fingerprint density at radius 2 is 2.00 bits per heavy atom. The number of ketones is 1. The van der Waals surface area contributed by atoms with Crippen molar-refractivity contribution in [1.29, 1.82) is 0 Å². The van der Waals surface area contributed by atoms with Crippen molar-refractivity contribution in [3.05, 3.63) is 28.8 Å². The van der Waals surface area contributed by atoms with E-state index in [0.717, 1.165) is 24.0 Å². The molecule has 2 N–H and O–H groups in total. The zero-order chi connectivity index (χ0) is 11.9. The molecule has 1 aromatic carbocycles. The highest BCUT2D eigenvalue weighted by atomic mass is 16.5. The second-order valence-corrected chi connectivity index (χ2v) is 4.64. The summed E-state index contributed by atoms with van der Waals surface area (Å²) in [6.07, 6.45) is 1.56. The van der Waals surface area contributed by atoms with Crippen molar-refractivity contribution in [3.8, 4) is 5.75 Å². The van der Waals surface area contributed by atoms with Crippen LogP contribution in [0.2, 0.25) is 0 Å². The second-order valence-electron chi connectivity index (χ2n) is 4.64. The Morgan fingerprint density at radius 1 is 1.38 bits per heavy atom. The largest absolute Gasteiger partial charge is 0.496 e. The molecule has 1 aliphatic rings. The van der Waals surface area contributed by atoms with Gasteiger partial charge in [0.05, 0.1) is 18.2 Å². The molecule has 0 spiro atoms. The van der Waals surface area contributed by atoms with Crippen LogP contribution < -0.4 is 10.5 Å². The minimum atomic E-state index is -0.632. The van der Waals surface area contributed by atoms with E-state index >= 15 is 0 Å². The lowest BCUT2D eigenvalue weighted by Crippen LogP contribution is -2.33. The maximum atomic E-state index is 12.2. The van der Waals surface area contributed by atoms with E-state index in [-0.39, 0.29) is 5.78 Å². The van der Waals surface area contributed by atoms with Gasteiger partial charge in [-0.25, -0.2) is 0 Å². The molecular weight excluding hydrogens is 202 g/mol. The van der Waals surface area contributed by atoms with Crippen LogP contribution in [-0.4, -0.2) is 18.4 Å². The monoisotopic (exact) mass is 219 g/mol. The molecule has 16 heavy (non-hydrogen) atoms. The third kappa shape index (κ3) is 1.71. The molecule has 1 saturated carbocycles. The fraction of sp³-hybridized carbons (Fsp3) is 0.462. The maximum Gasteiger partial charge on any atom is 0.186 e. The van der Waals surface area contributed by atoms with Crippen LogP contribution in [0.4, 0.5) is 0 Å². The molecule has 86 valence electrons. The number of Topliss-reactive ketones (excluding diaryl/α,β-unsaturated/α-hetero) is 1. The molecule has 3 nitrogen and oxygen atoms in total. The van der Waals surface area contributed by atoms with Gasteiger partial charge >= 0.3 is 0 Å². The topological polar surface area (TPSA) is 52.3 Å². The SMILES string of the molecule is COc1cc(C)cc(C)c1C(=O)C1(N)CC1. The van der Waals surface area contributed by atoms with E-state index in [2.05, 4.69) is 0 Å². The predicted molar refractivity (Wildman–Crippen MR) is 63.0 cm³/mol. The van der Waals surface area contributed by atoms with Crippen LogP contribution in [-0.2, 0) is 0 Å².